The molecule has 4 nitrogen and oxygen atoms in total. The number of carboxylic acids is 1. The van der Waals surface area contributed by atoms with Crippen molar-refractivity contribution in [3.63, 3.8) is 0 Å². The number of rotatable bonds is 5. The molecule has 13 heavy (non-hydrogen) atoms. The molecule has 0 rings (SSSR count). The van der Waals surface area contributed by atoms with E-state index in [9.17, 15) is 9.59 Å². The summed E-state index contributed by atoms with van der Waals surface area (Å²) in [5.41, 5.74) is 0. The molecule has 0 aromatic rings. The third-order valence-electron chi connectivity index (χ3n) is 1.18. The molecule has 0 bridgehead atoms. The van der Waals surface area contributed by atoms with Crippen LogP contribution in [0.1, 0.15) is 6.92 Å². The molecule has 1 atom stereocenters. The topological polar surface area (TPSA) is 66.4 Å². The minimum Gasteiger partial charge on any atom is -0.478 e. The van der Waals surface area contributed by atoms with Crippen LogP contribution in [0, 0.1) is 0 Å². The van der Waals surface area contributed by atoms with Crippen LogP contribution in [0.2, 0.25) is 0 Å². The van der Waals surface area contributed by atoms with Gasteiger partial charge in [-0.3, -0.25) is 4.79 Å². The predicted octanol–water partition coefficient (Wildman–Crippen LogP) is 0.495. The van der Waals surface area contributed by atoms with Crippen molar-refractivity contribution < 1.29 is 14.7 Å². The van der Waals surface area contributed by atoms with Gasteiger partial charge in [-0.1, -0.05) is 0 Å². The minimum atomic E-state index is -1.12. The Morgan fingerprint density at radius 2 is 2.15 bits per heavy atom. The second-order valence-electron chi connectivity index (χ2n) is 2.54. The number of aliphatic carboxylic acids is 1. The molecule has 0 aliphatic rings. The van der Waals surface area contributed by atoms with E-state index in [4.69, 9.17) is 5.11 Å². The Hall–Kier alpha value is -0.970. The molecule has 2 N–H and O–H groups in total. The summed E-state index contributed by atoms with van der Waals surface area (Å²) >= 11 is 1.62. The van der Waals surface area contributed by atoms with Crippen molar-refractivity contribution in [2.24, 2.45) is 0 Å². The molecule has 0 saturated heterocycles. The smallest absolute Gasteiger partial charge is 0.328 e. The van der Waals surface area contributed by atoms with E-state index < -0.39 is 5.97 Å². The van der Waals surface area contributed by atoms with Crippen molar-refractivity contribution in [2.45, 2.75) is 13.0 Å². The highest BCUT2D eigenvalue weighted by molar-refractivity contribution is 7.98. The molecule has 5 heteroatoms. The van der Waals surface area contributed by atoms with Gasteiger partial charge in [0, 0.05) is 23.9 Å². The first-order chi connectivity index (χ1) is 6.06. The van der Waals surface area contributed by atoms with Crippen LogP contribution in [0.25, 0.3) is 0 Å². The molecule has 0 aromatic carbocycles. The first kappa shape index (κ1) is 12.0. The fraction of sp³-hybridized carbons (Fsp3) is 0.500. The van der Waals surface area contributed by atoms with E-state index in [-0.39, 0.29) is 11.9 Å². The van der Waals surface area contributed by atoms with E-state index in [0.29, 0.717) is 0 Å². The lowest BCUT2D eigenvalue weighted by molar-refractivity contribution is -0.131. The summed E-state index contributed by atoms with van der Waals surface area (Å²) in [6.45, 7) is 1.86. The van der Waals surface area contributed by atoms with Gasteiger partial charge < -0.3 is 10.4 Å². The Kier molecular flexibility index (Phi) is 6.05. The van der Waals surface area contributed by atoms with Gasteiger partial charge in [-0.05, 0) is 13.2 Å². The van der Waals surface area contributed by atoms with Crippen LogP contribution < -0.4 is 5.32 Å². The van der Waals surface area contributed by atoms with E-state index >= 15 is 0 Å². The maximum atomic E-state index is 11.0. The molecule has 0 aliphatic carbocycles. The monoisotopic (exact) mass is 203 g/mol. The molecule has 0 spiro atoms. The SMILES string of the molecule is CSCC(C)NC(=O)/C=C/C(=O)O. The zero-order valence-corrected chi connectivity index (χ0v) is 8.43. The van der Waals surface area contributed by atoms with E-state index in [1.807, 2.05) is 13.2 Å². The van der Waals surface area contributed by atoms with Crippen LogP contribution in [-0.4, -0.2) is 35.0 Å². The summed E-state index contributed by atoms with van der Waals surface area (Å²) in [5, 5.41) is 10.9. The summed E-state index contributed by atoms with van der Waals surface area (Å²) in [5.74, 6) is -0.677. The molecule has 0 heterocycles. The molecule has 0 aromatic heterocycles. The van der Waals surface area contributed by atoms with Gasteiger partial charge >= 0.3 is 5.97 Å². The van der Waals surface area contributed by atoms with E-state index in [0.717, 1.165) is 17.9 Å². The number of nitrogens with one attached hydrogen (secondary N) is 1. The van der Waals surface area contributed by atoms with Crippen molar-refractivity contribution in [3.8, 4) is 0 Å². The van der Waals surface area contributed by atoms with Crippen LogP contribution in [0.5, 0.6) is 0 Å². The lowest BCUT2D eigenvalue weighted by Gasteiger charge is -2.09. The van der Waals surface area contributed by atoms with Crippen LogP contribution in [0.4, 0.5) is 0 Å². The standard InChI is InChI=1S/C8H13NO3S/c1-6(5-13-2)9-7(10)3-4-8(11)12/h3-4,6H,5H2,1-2H3,(H,9,10)(H,11,12)/b4-3+. The number of carbonyl (C=O) groups is 2. The Morgan fingerprint density at radius 3 is 2.62 bits per heavy atom. The highest BCUT2D eigenvalue weighted by atomic mass is 32.2. The lowest BCUT2D eigenvalue weighted by atomic mass is 10.3. The third kappa shape index (κ3) is 7.39. The molecule has 0 radical (unpaired) electrons. The summed E-state index contributed by atoms with van der Waals surface area (Å²) in [7, 11) is 0. The predicted molar refractivity (Wildman–Crippen MR) is 52.8 cm³/mol. The summed E-state index contributed by atoms with van der Waals surface area (Å²) in [6.07, 6.45) is 3.77. The Labute approximate surface area is 81.4 Å². The second-order valence-corrected chi connectivity index (χ2v) is 3.45. The molecule has 1 unspecified atom stereocenters. The first-order valence-corrected chi connectivity index (χ1v) is 5.16. The maximum Gasteiger partial charge on any atom is 0.328 e. The molecular weight excluding hydrogens is 190 g/mol. The lowest BCUT2D eigenvalue weighted by Crippen LogP contribution is -2.32. The van der Waals surface area contributed by atoms with Gasteiger partial charge in [0.1, 0.15) is 0 Å². The molecule has 0 aliphatic heterocycles. The quantitative estimate of drug-likeness (QED) is 0.638. The maximum absolute atomic E-state index is 11.0. The third-order valence-corrected chi connectivity index (χ3v) is 2.02. The normalized spacial score (nSPS) is 12.8. The average molecular weight is 203 g/mol. The number of amides is 1. The van der Waals surface area contributed by atoms with Crippen molar-refractivity contribution in [1.82, 2.24) is 5.32 Å². The van der Waals surface area contributed by atoms with E-state index in [1.54, 1.807) is 11.8 Å². The fourth-order valence-corrected chi connectivity index (χ4v) is 1.31. The van der Waals surface area contributed by atoms with Crippen LogP contribution in [0.15, 0.2) is 12.2 Å². The van der Waals surface area contributed by atoms with Gasteiger partial charge in [-0.2, -0.15) is 11.8 Å². The highest BCUT2D eigenvalue weighted by Gasteiger charge is 2.03. The Bertz CT molecular complexity index is 215. The molecular formula is C8H13NO3S. The summed E-state index contributed by atoms with van der Waals surface area (Å²) < 4.78 is 0. The van der Waals surface area contributed by atoms with Gasteiger partial charge in [0.05, 0.1) is 0 Å². The number of thioether (sulfide) groups is 1. The molecule has 74 valence electrons. The first-order valence-electron chi connectivity index (χ1n) is 3.76. The zero-order valence-electron chi connectivity index (χ0n) is 7.61. The van der Waals surface area contributed by atoms with E-state index in [2.05, 4.69) is 5.32 Å². The highest BCUT2D eigenvalue weighted by Crippen LogP contribution is 1.95. The van der Waals surface area contributed by atoms with Crippen LogP contribution in [-0.2, 0) is 9.59 Å². The average Bonchev–Trinajstić information content (AvgIpc) is 2.01. The van der Waals surface area contributed by atoms with Crippen molar-refractivity contribution in [2.75, 3.05) is 12.0 Å². The Morgan fingerprint density at radius 1 is 1.54 bits per heavy atom. The number of carbonyl (C=O) groups excluding carboxylic acids is 1. The number of carboxylic acid groups (broad SMARTS) is 1. The fourth-order valence-electron chi connectivity index (χ4n) is 0.730. The molecule has 1 amide bonds. The summed E-state index contributed by atoms with van der Waals surface area (Å²) in [4.78, 5) is 21.0. The Balaban J connectivity index is 3.80. The van der Waals surface area contributed by atoms with Crippen molar-refractivity contribution in [3.05, 3.63) is 12.2 Å². The van der Waals surface area contributed by atoms with E-state index in [1.165, 1.54) is 0 Å². The minimum absolute atomic E-state index is 0.0564. The van der Waals surface area contributed by atoms with Crippen molar-refractivity contribution in [1.29, 1.82) is 0 Å². The van der Waals surface area contributed by atoms with Crippen molar-refractivity contribution >= 4 is 23.6 Å². The van der Waals surface area contributed by atoms with Gasteiger partial charge in [0.25, 0.3) is 0 Å². The largest absolute Gasteiger partial charge is 0.478 e. The van der Waals surface area contributed by atoms with Gasteiger partial charge in [-0.25, -0.2) is 4.79 Å². The zero-order chi connectivity index (χ0) is 10.3. The molecule has 0 fully saturated rings. The van der Waals surface area contributed by atoms with Crippen LogP contribution in [0.3, 0.4) is 0 Å². The van der Waals surface area contributed by atoms with Gasteiger partial charge in [-0.15, -0.1) is 0 Å². The number of hydrogen-bond acceptors (Lipinski definition) is 3. The van der Waals surface area contributed by atoms with Crippen LogP contribution >= 0.6 is 11.8 Å². The second kappa shape index (κ2) is 6.54. The van der Waals surface area contributed by atoms with Gasteiger partial charge in [0.2, 0.25) is 5.91 Å². The number of hydrogen-bond donors (Lipinski definition) is 2. The van der Waals surface area contributed by atoms with Gasteiger partial charge in [0.15, 0.2) is 0 Å². The molecule has 0 saturated carbocycles. The summed E-state index contributed by atoms with van der Waals surface area (Å²) in [6, 6.07) is 0.0564.